The van der Waals surface area contributed by atoms with Crippen molar-refractivity contribution in [2.45, 2.75) is 63.8 Å². The van der Waals surface area contributed by atoms with E-state index in [1.165, 1.54) is 68.0 Å². The summed E-state index contributed by atoms with van der Waals surface area (Å²) in [5.74, 6) is -0.784. The smallest absolute Gasteiger partial charge is 0.404 e. The summed E-state index contributed by atoms with van der Waals surface area (Å²) in [4.78, 5) is 50.2. The zero-order valence-corrected chi connectivity index (χ0v) is 77.1. The summed E-state index contributed by atoms with van der Waals surface area (Å²) in [6.45, 7) is 6.61. The van der Waals surface area contributed by atoms with E-state index in [-0.39, 0.29) is 55.0 Å². The molecule has 0 spiro atoms. The number of carbonyl (C=O) groups excluding carboxylic acids is 2. The molecular formula is C108H104N6O7P4PdS. The van der Waals surface area contributed by atoms with Crippen molar-refractivity contribution in [2.75, 3.05) is 25.0 Å². The summed E-state index contributed by atoms with van der Waals surface area (Å²) >= 11 is 0. The SMILES string of the molecule is CCN(CC)S(=O)(=O)c1ccc(-c2ccc(C[C@H](NC(=O)C3CCC(CNC(=O)O)CC3)C(=O)Nc3ccc4c(=O)[nH][nH]c4c3)cc2)c(C)c1.[Pd].c1ccc(P(c2ccccc2)c2ccccc2)cc1.c1ccc(P(c2ccccc2)c2ccccc2)cc1.c1ccc(P(c2ccccc2)c2ccccc2)cc1.c1ccc(P(c2ccccc2)c2ccccc2)cc1. The van der Waals surface area contributed by atoms with Crippen LogP contribution in [0.4, 0.5) is 10.5 Å². The van der Waals surface area contributed by atoms with Crippen molar-refractivity contribution < 1.29 is 48.3 Å². The van der Waals surface area contributed by atoms with Gasteiger partial charge in [0.15, 0.2) is 0 Å². The van der Waals surface area contributed by atoms with E-state index >= 15 is 0 Å². The van der Waals surface area contributed by atoms with Crippen LogP contribution in [0.15, 0.2) is 434 Å². The Hall–Kier alpha value is -11.9. The average Bonchev–Trinajstić information content (AvgIpc) is 1.29. The van der Waals surface area contributed by atoms with Crippen LogP contribution in [-0.4, -0.2) is 71.6 Å². The first-order chi connectivity index (χ1) is 61.7. The number of hydrogen-bond acceptors (Lipinski definition) is 6. The molecule has 1 fully saturated rings. The number of aromatic amines is 2. The van der Waals surface area contributed by atoms with E-state index in [1.807, 2.05) is 45.0 Å². The second kappa shape index (κ2) is 48.7. The molecule has 0 unspecified atom stereocenters. The quantitative estimate of drug-likeness (QED) is 0.0242. The molecule has 1 aromatic heterocycles. The van der Waals surface area contributed by atoms with E-state index in [0.717, 1.165) is 22.3 Å². The summed E-state index contributed by atoms with van der Waals surface area (Å²) in [6, 6.07) is 146. The zero-order chi connectivity index (χ0) is 87.7. The van der Waals surface area contributed by atoms with Crippen molar-refractivity contribution >= 4 is 140 Å². The first-order valence-corrected chi connectivity index (χ1v) is 49.3. The van der Waals surface area contributed by atoms with Crippen molar-refractivity contribution in [3.63, 3.8) is 0 Å². The molecule has 127 heavy (non-hydrogen) atoms. The Morgan fingerprint density at radius 3 is 1.02 bits per heavy atom. The Kier molecular flexibility index (Phi) is 36.1. The van der Waals surface area contributed by atoms with Crippen LogP contribution in [0.3, 0.4) is 0 Å². The molecule has 1 aliphatic carbocycles. The van der Waals surface area contributed by atoms with Gasteiger partial charge >= 0.3 is 6.09 Å². The van der Waals surface area contributed by atoms with E-state index in [9.17, 15) is 27.6 Å². The molecule has 1 aliphatic rings. The topological polar surface area (TPSA) is 194 Å². The molecule has 1 saturated carbocycles. The van der Waals surface area contributed by atoms with E-state index in [4.69, 9.17) is 5.11 Å². The van der Waals surface area contributed by atoms with Crippen molar-refractivity contribution in [1.29, 1.82) is 0 Å². The predicted octanol–water partition coefficient (Wildman–Crippen LogP) is 18.4. The van der Waals surface area contributed by atoms with Gasteiger partial charge in [-0.2, -0.15) is 4.31 Å². The maximum atomic E-state index is 13.7. The van der Waals surface area contributed by atoms with Crippen LogP contribution in [0, 0.1) is 18.8 Å². The van der Waals surface area contributed by atoms with Gasteiger partial charge in [0.2, 0.25) is 21.8 Å². The monoisotopic (exact) mass is 1860 g/mol. The molecule has 16 aromatic rings. The largest absolute Gasteiger partial charge is 0.465 e. The molecule has 3 amide bonds. The fourth-order valence-corrected chi connectivity index (χ4v) is 26.1. The molecule has 13 nitrogen and oxygen atoms in total. The Morgan fingerprint density at radius 2 is 0.724 bits per heavy atom. The van der Waals surface area contributed by atoms with Gasteiger partial charge in [-0.3, -0.25) is 24.6 Å². The number of fused-ring (bicyclic) bond motifs is 1. The average molecular weight is 1860 g/mol. The van der Waals surface area contributed by atoms with Gasteiger partial charge in [0.25, 0.3) is 5.56 Å². The summed E-state index contributed by atoms with van der Waals surface area (Å²) in [6.07, 6.45) is 1.72. The number of aromatic nitrogens is 2. The van der Waals surface area contributed by atoms with Crippen LogP contribution < -0.4 is 85.2 Å². The molecule has 1 heterocycles. The number of rotatable bonds is 25. The van der Waals surface area contributed by atoms with E-state index in [2.05, 4.69) is 390 Å². The number of sulfonamides is 1. The summed E-state index contributed by atoms with van der Waals surface area (Å²) in [5, 5.41) is 39.7. The van der Waals surface area contributed by atoms with Crippen LogP contribution in [0.25, 0.3) is 22.0 Å². The maximum absolute atomic E-state index is 13.7. The van der Waals surface area contributed by atoms with E-state index in [1.54, 1.807) is 36.4 Å². The first kappa shape index (κ1) is 94.2. The minimum absolute atomic E-state index is 0. The van der Waals surface area contributed by atoms with Crippen LogP contribution in [0.2, 0.25) is 0 Å². The number of anilines is 1. The van der Waals surface area contributed by atoms with Gasteiger partial charge < -0.3 is 21.1 Å². The molecule has 1 atom stereocenters. The van der Waals surface area contributed by atoms with E-state index < -0.39 is 59.8 Å². The van der Waals surface area contributed by atoms with Gasteiger partial charge in [-0.15, -0.1) is 0 Å². The third-order valence-electron chi connectivity index (χ3n) is 21.7. The Bertz CT molecular complexity index is 5340. The molecule has 6 N–H and O–H groups in total. The summed E-state index contributed by atoms with van der Waals surface area (Å²) in [5.41, 5.74) is 4.10. The number of H-pyrrole nitrogens is 2. The van der Waals surface area contributed by atoms with Crippen LogP contribution >= 0.6 is 31.7 Å². The Labute approximate surface area is 765 Å². The zero-order valence-electron chi connectivity index (χ0n) is 71.2. The van der Waals surface area contributed by atoms with Crippen LogP contribution in [-0.2, 0) is 46.5 Å². The van der Waals surface area contributed by atoms with Crippen LogP contribution in [0.1, 0.15) is 50.7 Å². The number of benzene rings is 15. The summed E-state index contributed by atoms with van der Waals surface area (Å²) in [7, 11) is -5.37. The number of carboxylic acid groups (broad SMARTS) is 1. The Morgan fingerprint density at radius 1 is 0.409 bits per heavy atom. The maximum Gasteiger partial charge on any atom is 0.404 e. The molecular weight excluding hydrogens is 1760 g/mol. The van der Waals surface area contributed by atoms with E-state index in [0.29, 0.717) is 61.9 Å². The van der Waals surface area contributed by atoms with Gasteiger partial charge in [-0.25, -0.2) is 13.2 Å². The van der Waals surface area contributed by atoms with Gasteiger partial charge in [0.1, 0.15) is 6.04 Å². The fourth-order valence-electron chi connectivity index (χ4n) is 15.3. The second-order valence-corrected chi connectivity index (χ2v) is 40.9. The third-order valence-corrected chi connectivity index (χ3v) is 33.5. The molecule has 15 aromatic carbocycles. The van der Waals surface area contributed by atoms with Crippen molar-refractivity contribution in [3.05, 3.63) is 446 Å². The molecule has 0 saturated heterocycles. The third kappa shape index (κ3) is 26.6. The Balaban J connectivity index is 0.000000157. The molecule has 19 heteroatoms. The minimum atomic E-state index is -3.59. The van der Waals surface area contributed by atoms with Crippen molar-refractivity contribution in [3.8, 4) is 11.1 Å². The minimum Gasteiger partial charge on any atom is -0.465 e. The predicted molar refractivity (Wildman–Crippen MR) is 532 cm³/mol. The molecule has 0 bridgehead atoms. The second-order valence-electron chi connectivity index (χ2n) is 30.1. The molecule has 0 aliphatic heterocycles. The molecule has 0 radical (unpaired) electrons. The number of carbonyl (C=O) groups is 3. The van der Waals surface area contributed by atoms with Gasteiger partial charge in [0, 0.05) is 58.1 Å². The van der Waals surface area contributed by atoms with Gasteiger partial charge in [-0.05, 0) is 186 Å². The first-order valence-electron chi connectivity index (χ1n) is 42.5. The molecule has 17 rings (SSSR count). The van der Waals surface area contributed by atoms with Crippen molar-refractivity contribution in [2.24, 2.45) is 11.8 Å². The van der Waals surface area contributed by atoms with Gasteiger partial charge in [-0.1, -0.05) is 408 Å². The summed E-state index contributed by atoms with van der Waals surface area (Å²) < 4.78 is 27.5. The van der Waals surface area contributed by atoms with Gasteiger partial charge in [0.05, 0.1) is 15.8 Å². The standard InChI is InChI=1S/C36H44N6O7S.4C18H15P.Pd/c1-4-42(5-2)50(48,49)28-15-17-29(22(3)18-28)25-10-6-23(7-11-25)19-32(35(45)38-27-14-16-30-31(20-27)40-41-34(30)44)39-33(43)26-12-8-24(9-13-26)21-37-36(46)47;4*1-4-10-16(11-5-1)19(17-12-6-2-7-13-17)18-14-8-3-9-15-18;/h6-7,10-11,14-18,20,24,26,32,37H,4-5,8-9,12-13,19,21H2,1-3H3,(H,38,45)(H,39,43)(H,46,47)(H2,40,41,44);4*1-15H;/t24?,26?,32-;;;;;/m0...../s1. The number of hydrogen-bond donors (Lipinski definition) is 6. The number of aryl methyl sites for hydroxylation is 1. The van der Waals surface area contributed by atoms with Crippen molar-refractivity contribution in [1.82, 2.24) is 25.1 Å². The normalized spacial score (nSPS) is 13.0. The number of nitrogens with one attached hydrogen (secondary N) is 5. The molecule has 644 valence electrons. The fraction of sp³-hybridized carbons (Fsp3) is 0.130. The van der Waals surface area contributed by atoms with Crippen LogP contribution in [0.5, 0.6) is 0 Å². The number of nitrogens with zero attached hydrogens (tertiary/aromatic N) is 1. The number of amides is 3.